The van der Waals surface area contributed by atoms with Crippen LogP contribution < -0.4 is 10.6 Å². The predicted octanol–water partition coefficient (Wildman–Crippen LogP) is 3.50. The highest BCUT2D eigenvalue weighted by molar-refractivity contribution is 5.89. The van der Waals surface area contributed by atoms with Crippen molar-refractivity contribution in [1.82, 2.24) is 5.32 Å². The third-order valence-electron chi connectivity index (χ3n) is 3.23. The van der Waals surface area contributed by atoms with Crippen LogP contribution in [-0.4, -0.2) is 5.91 Å². The molecule has 0 aliphatic heterocycles. The number of rotatable bonds is 5. The van der Waals surface area contributed by atoms with Crippen LogP contribution in [0.3, 0.4) is 0 Å². The van der Waals surface area contributed by atoms with E-state index in [1.807, 2.05) is 42.5 Å². The van der Waals surface area contributed by atoms with E-state index in [1.54, 1.807) is 0 Å². The monoisotopic (exact) mass is 268 g/mol. The zero-order valence-corrected chi connectivity index (χ0v) is 11.9. The summed E-state index contributed by atoms with van der Waals surface area (Å²) in [5.41, 5.74) is 3.21. The van der Waals surface area contributed by atoms with Crippen LogP contribution in [0.25, 0.3) is 0 Å². The number of anilines is 1. The van der Waals surface area contributed by atoms with Gasteiger partial charge in [0.25, 0.3) is 0 Å². The van der Waals surface area contributed by atoms with Crippen LogP contribution in [0.15, 0.2) is 54.6 Å². The summed E-state index contributed by atoms with van der Waals surface area (Å²) in [6, 6.07) is 18.4. The normalized spacial score (nSPS) is 11.9. The van der Waals surface area contributed by atoms with E-state index in [9.17, 15) is 4.79 Å². The minimum Gasteiger partial charge on any atom is -0.326 e. The smallest absolute Gasteiger partial charge is 0.221 e. The van der Waals surface area contributed by atoms with Crippen molar-refractivity contribution in [3.05, 3.63) is 65.7 Å². The molecule has 0 bridgehead atoms. The van der Waals surface area contributed by atoms with Crippen LogP contribution in [0.1, 0.15) is 31.0 Å². The lowest BCUT2D eigenvalue weighted by Crippen LogP contribution is -2.19. The first-order valence-electron chi connectivity index (χ1n) is 6.80. The molecule has 0 fully saturated rings. The predicted molar refractivity (Wildman–Crippen MR) is 82.4 cm³/mol. The van der Waals surface area contributed by atoms with Gasteiger partial charge in [-0.05, 0) is 24.1 Å². The second-order valence-corrected chi connectivity index (χ2v) is 4.85. The van der Waals surface area contributed by atoms with E-state index >= 15 is 0 Å². The number of carbonyl (C=O) groups is 1. The fraction of sp³-hybridized carbons (Fsp3) is 0.235. The zero-order chi connectivity index (χ0) is 14.4. The standard InChI is InChI=1S/C17H20N2O/c1-13(15-8-4-3-5-9-15)18-12-16-10-6-7-11-17(16)19-14(2)20/h3-11,13,18H,12H2,1-2H3,(H,19,20)/t13-/m1/s1. The van der Waals surface area contributed by atoms with E-state index in [1.165, 1.54) is 12.5 Å². The van der Waals surface area contributed by atoms with Crippen LogP contribution in [0.2, 0.25) is 0 Å². The third kappa shape index (κ3) is 3.93. The average Bonchev–Trinajstić information content (AvgIpc) is 2.46. The highest BCUT2D eigenvalue weighted by Gasteiger charge is 2.07. The van der Waals surface area contributed by atoms with Gasteiger partial charge in [-0.15, -0.1) is 0 Å². The van der Waals surface area contributed by atoms with Crippen LogP contribution in [0, 0.1) is 0 Å². The first-order valence-corrected chi connectivity index (χ1v) is 6.80. The molecule has 20 heavy (non-hydrogen) atoms. The molecule has 0 saturated carbocycles. The molecule has 104 valence electrons. The van der Waals surface area contributed by atoms with Crippen molar-refractivity contribution in [2.45, 2.75) is 26.4 Å². The van der Waals surface area contributed by atoms with Crippen molar-refractivity contribution in [3.8, 4) is 0 Å². The largest absolute Gasteiger partial charge is 0.326 e. The topological polar surface area (TPSA) is 41.1 Å². The Balaban J connectivity index is 2.02. The summed E-state index contributed by atoms with van der Waals surface area (Å²) in [6.45, 7) is 4.37. The van der Waals surface area contributed by atoms with Crippen molar-refractivity contribution in [2.24, 2.45) is 0 Å². The maximum atomic E-state index is 11.2. The SMILES string of the molecule is CC(=O)Nc1ccccc1CN[C@H](C)c1ccccc1. The summed E-state index contributed by atoms with van der Waals surface area (Å²) in [6.07, 6.45) is 0. The number of benzene rings is 2. The second-order valence-electron chi connectivity index (χ2n) is 4.85. The van der Waals surface area contributed by atoms with E-state index in [2.05, 4.69) is 29.7 Å². The van der Waals surface area contributed by atoms with Gasteiger partial charge in [-0.1, -0.05) is 48.5 Å². The van der Waals surface area contributed by atoms with E-state index in [0.717, 1.165) is 11.3 Å². The number of hydrogen-bond donors (Lipinski definition) is 2. The van der Waals surface area contributed by atoms with Gasteiger partial charge in [0, 0.05) is 25.2 Å². The Morgan fingerprint density at radius 3 is 2.40 bits per heavy atom. The maximum absolute atomic E-state index is 11.2. The molecule has 0 aliphatic rings. The highest BCUT2D eigenvalue weighted by atomic mass is 16.1. The minimum atomic E-state index is -0.0476. The number of para-hydroxylation sites is 1. The van der Waals surface area contributed by atoms with Crippen LogP contribution in [0.4, 0.5) is 5.69 Å². The fourth-order valence-corrected chi connectivity index (χ4v) is 2.11. The van der Waals surface area contributed by atoms with Crippen molar-refractivity contribution in [2.75, 3.05) is 5.32 Å². The Kier molecular flexibility index (Phi) is 4.91. The van der Waals surface area contributed by atoms with Crippen LogP contribution in [0.5, 0.6) is 0 Å². The van der Waals surface area contributed by atoms with E-state index in [4.69, 9.17) is 0 Å². The fourth-order valence-electron chi connectivity index (χ4n) is 2.11. The van der Waals surface area contributed by atoms with Crippen molar-refractivity contribution < 1.29 is 4.79 Å². The first kappa shape index (κ1) is 14.3. The van der Waals surface area contributed by atoms with Gasteiger partial charge in [0.15, 0.2) is 0 Å². The molecule has 3 nitrogen and oxygen atoms in total. The Morgan fingerprint density at radius 2 is 1.70 bits per heavy atom. The summed E-state index contributed by atoms with van der Waals surface area (Å²) in [5.74, 6) is -0.0476. The molecule has 2 aromatic carbocycles. The summed E-state index contributed by atoms with van der Waals surface area (Å²) in [7, 11) is 0. The lowest BCUT2D eigenvalue weighted by atomic mass is 10.1. The summed E-state index contributed by atoms with van der Waals surface area (Å²) in [4.78, 5) is 11.2. The lowest BCUT2D eigenvalue weighted by Gasteiger charge is -2.16. The Bertz CT molecular complexity index is 566. The average molecular weight is 268 g/mol. The first-order chi connectivity index (χ1) is 9.66. The third-order valence-corrected chi connectivity index (χ3v) is 3.23. The van der Waals surface area contributed by atoms with Gasteiger partial charge in [0.05, 0.1) is 0 Å². The van der Waals surface area contributed by atoms with Gasteiger partial charge in [-0.2, -0.15) is 0 Å². The van der Waals surface area contributed by atoms with Crippen LogP contribution in [-0.2, 0) is 11.3 Å². The van der Waals surface area contributed by atoms with Gasteiger partial charge in [-0.3, -0.25) is 4.79 Å². The van der Waals surface area contributed by atoms with Crippen molar-refractivity contribution in [3.63, 3.8) is 0 Å². The Hall–Kier alpha value is -2.13. The van der Waals surface area contributed by atoms with Gasteiger partial charge < -0.3 is 10.6 Å². The molecular formula is C17H20N2O. The van der Waals surface area contributed by atoms with E-state index in [0.29, 0.717) is 6.54 Å². The number of carbonyl (C=O) groups excluding carboxylic acids is 1. The number of amides is 1. The quantitative estimate of drug-likeness (QED) is 0.871. The number of hydrogen-bond acceptors (Lipinski definition) is 2. The van der Waals surface area contributed by atoms with Crippen molar-refractivity contribution in [1.29, 1.82) is 0 Å². The maximum Gasteiger partial charge on any atom is 0.221 e. The highest BCUT2D eigenvalue weighted by Crippen LogP contribution is 2.17. The molecule has 1 amide bonds. The van der Waals surface area contributed by atoms with Gasteiger partial charge in [-0.25, -0.2) is 0 Å². The molecule has 2 aromatic rings. The molecule has 0 aromatic heterocycles. The minimum absolute atomic E-state index is 0.0476. The van der Waals surface area contributed by atoms with Gasteiger partial charge in [0.2, 0.25) is 5.91 Å². The summed E-state index contributed by atoms with van der Waals surface area (Å²) in [5, 5.41) is 6.34. The van der Waals surface area contributed by atoms with Gasteiger partial charge in [0.1, 0.15) is 0 Å². The molecule has 3 heteroatoms. The molecular weight excluding hydrogens is 248 g/mol. The molecule has 0 radical (unpaired) electrons. The van der Waals surface area contributed by atoms with Crippen molar-refractivity contribution >= 4 is 11.6 Å². The molecule has 2 rings (SSSR count). The second kappa shape index (κ2) is 6.87. The number of nitrogens with one attached hydrogen (secondary N) is 2. The Labute approximate surface area is 120 Å². The molecule has 0 aliphatic carbocycles. The molecule has 1 atom stereocenters. The van der Waals surface area contributed by atoms with E-state index in [-0.39, 0.29) is 11.9 Å². The lowest BCUT2D eigenvalue weighted by molar-refractivity contribution is -0.114. The summed E-state index contributed by atoms with van der Waals surface area (Å²) >= 11 is 0. The van der Waals surface area contributed by atoms with E-state index < -0.39 is 0 Å². The molecule has 2 N–H and O–H groups in total. The molecule has 0 saturated heterocycles. The van der Waals surface area contributed by atoms with Gasteiger partial charge >= 0.3 is 0 Å². The molecule has 0 spiro atoms. The summed E-state index contributed by atoms with van der Waals surface area (Å²) < 4.78 is 0. The molecule has 0 unspecified atom stereocenters. The molecule has 0 heterocycles. The van der Waals surface area contributed by atoms with Crippen LogP contribution >= 0.6 is 0 Å². The zero-order valence-electron chi connectivity index (χ0n) is 11.9. The Morgan fingerprint density at radius 1 is 1.05 bits per heavy atom.